The minimum atomic E-state index is -1.36. The van der Waals surface area contributed by atoms with E-state index in [1.165, 1.54) is 0 Å². The lowest BCUT2D eigenvalue weighted by molar-refractivity contribution is -0.230. The molecule has 5 nitrogen and oxygen atoms in total. The van der Waals surface area contributed by atoms with E-state index in [9.17, 15) is 10.2 Å². The van der Waals surface area contributed by atoms with Gasteiger partial charge in [0.25, 0.3) is 5.79 Å². The number of hydrogen-bond donors (Lipinski definition) is 2. The molecule has 23 heavy (non-hydrogen) atoms. The fourth-order valence-electron chi connectivity index (χ4n) is 3.46. The summed E-state index contributed by atoms with van der Waals surface area (Å²) in [4.78, 5) is 2.31. The van der Waals surface area contributed by atoms with Crippen LogP contribution in [0.1, 0.15) is 47.5 Å². The van der Waals surface area contributed by atoms with Crippen molar-refractivity contribution in [1.29, 1.82) is 0 Å². The molecular formula is C18H33NO4. The Labute approximate surface area is 140 Å². The van der Waals surface area contributed by atoms with Gasteiger partial charge in [-0.3, -0.25) is 0 Å². The smallest absolute Gasteiger partial charge is 0.254 e. The average molecular weight is 327 g/mol. The van der Waals surface area contributed by atoms with Crippen LogP contribution in [0.15, 0.2) is 11.8 Å². The molecule has 2 rings (SSSR count). The van der Waals surface area contributed by atoms with Crippen LogP contribution in [0.4, 0.5) is 0 Å². The molecule has 0 radical (unpaired) electrons. The van der Waals surface area contributed by atoms with Crippen LogP contribution in [0.3, 0.4) is 0 Å². The first-order valence-electron chi connectivity index (χ1n) is 8.86. The van der Waals surface area contributed by atoms with Crippen LogP contribution in [-0.2, 0) is 9.47 Å². The number of ether oxygens (including phenoxy) is 2. The Bertz CT molecular complexity index is 431. The predicted octanol–water partition coefficient (Wildman–Crippen LogP) is 2.70. The first kappa shape index (κ1) is 18.7. The van der Waals surface area contributed by atoms with Gasteiger partial charge in [0.1, 0.15) is 6.10 Å². The largest absolute Gasteiger partial charge is 0.507 e. The zero-order valence-electron chi connectivity index (χ0n) is 15.2. The van der Waals surface area contributed by atoms with E-state index < -0.39 is 11.9 Å². The van der Waals surface area contributed by atoms with Crippen LogP contribution in [0, 0.1) is 11.3 Å². The highest BCUT2D eigenvalue weighted by Gasteiger charge is 2.54. The molecule has 134 valence electrons. The maximum absolute atomic E-state index is 10.6. The molecule has 0 bridgehead atoms. The van der Waals surface area contributed by atoms with Crippen molar-refractivity contribution in [1.82, 2.24) is 4.90 Å². The van der Waals surface area contributed by atoms with Crippen molar-refractivity contribution in [3.63, 3.8) is 0 Å². The second-order valence-corrected chi connectivity index (χ2v) is 7.89. The van der Waals surface area contributed by atoms with E-state index in [1.807, 2.05) is 0 Å². The Morgan fingerprint density at radius 1 is 1.35 bits per heavy atom. The fourth-order valence-corrected chi connectivity index (χ4v) is 3.46. The summed E-state index contributed by atoms with van der Waals surface area (Å²) in [5, 5.41) is 21.1. The molecule has 4 unspecified atom stereocenters. The predicted molar refractivity (Wildman–Crippen MR) is 90.2 cm³/mol. The highest BCUT2D eigenvalue weighted by molar-refractivity contribution is 5.18. The minimum Gasteiger partial charge on any atom is -0.507 e. The Kier molecular flexibility index (Phi) is 5.77. The number of aliphatic hydroxyl groups excluding tert-OH is 2. The number of rotatable bonds is 5. The molecule has 1 spiro atoms. The maximum Gasteiger partial charge on any atom is 0.254 e. The Morgan fingerprint density at radius 2 is 2.04 bits per heavy atom. The van der Waals surface area contributed by atoms with Gasteiger partial charge >= 0.3 is 0 Å². The lowest BCUT2D eigenvalue weighted by Gasteiger charge is -2.41. The van der Waals surface area contributed by atoms with E-state index in [1.54, 1.807) is 6.08 Å². The van der Waals surface area contributed by atoms with Crippen LogP contribution >= 0.6 is 0 Å². The molecule has 1 aliphatic carbocycles. The molecule has 1 saturated heterocycles. The SMILES string of the molecule is CCCN(CC)CC1COC2(O1)C(O)=CC(C(C)(C)C)CC2O. The molecule has 0 amide bonds. The summed E-state index contributed by atoms with van der Waals surface area (Å²) in [6, 6.07) is 0. The number of allylic oxidation sites excluding steroid dienone is 1. The second kappa shape index (κ2) is 7.09. The number of likely N-dealkylation sites (N-methyl/N-ethyl adjacent to an activating group) is 1. The van der Waals surface area contributed by atoms with Gasteiger partial charge < -0.3 is 24.6 Å². The molecule has 2 N–H and O–H groups in total. The summed E-state index contributed by atoms with van der Waals surface area (Å²) in [7, 11) is 0. The minimum absolute atomic E-state index is 0.0191. The second-order valence-electron chi connectivity index (χ2n) is 7.89. The quantitative estimate of drug-likeness (QED) is 0.813. The van der Waals surface area contributed by atoms with Gasteiger partial charge in [-0.15, -0.1) is 0 Å². The number of nitrogens with zero attached hydrogens (tertiary/aromatic N) is 1. The topological polar surface area (TPSA) is 62.2 Å². The molecular weight excluding hydrogens is 294 g/mol. The molecule has 4 atom stereocenters. The van der Waals surface area contributed by atoms with Crippen molar-refractivity contribution in [3.8, 4) is 0 Å². The standard InChI is InChI=1S/C18H33NO4/c1-6-8-19(7-2)11-14-12-22-18(23-14)15(20)9-13(10-16(18)21)17(3,4)5/h9,13-14,16,20-21H,6-8,10-12H2,1-5H3. The van der Waals surface area contributed by atoms with E-state index in [0.29, 0.717) is 13.0 Å². The van der Waals surface area contributed by atoms with Crippen LogP contribution in [0.2, 0.25) is 0 Å². The summed E-state index contributed by atoms with van der Waals surface area (Å²) >= 11 is 0. The van der Waals surface area contributed by atoms with Gasteiger partial charge in [-0.25, -0.2) is 0 Å². The molecule has 0 aromatic carbocycles. The summed E-state index contributed by atoms with van der Waals surface area (Å²) < 4.78 is 11.8. The van der Waals surface area contributed by atoms with Crippen molar-refractivity contribution >= 4 is 0 Å². The number of hydrogen-bond acceptors (Lipinski definition) is 5. The molecule has 0 aromatic heterocycles. The van der Waals surface area contributed by atoms with Crippen LogP contribution in [-0.4, -0.2) is 59.3 Å². The maximum atomic E-state index is 10.6. The third kappa shape index (κ3) is 3.90. The summed E-state index contributed by atoms with van der Waals surface area (Å²) in [6.07, 6.45) is 2.46. The zero-order chi connectivity index (χ0) is 17.3. The molecule has 2 aliphatic rings. The van der Waals surface area contributed by atoms with Crippen molar-refractivity contribution in [2.75, 3.05) is 26.2 Å². The van der Waals surface area contributed by atoms with E-state index >= 15 is 0 Å². The van der Waals surface area contributed by atoms with E-state index in [2.05, 4.69) is 39.5 Å². The molecule has 0 aromatic rings. The monoisotopic (exact) mass is 327 g/mol. The third-order valence-electron chi connectivity index (χ3n) is 5.02. The zero-order valence-corrected chi connectivity index (χ0v) is 15.2. The van der Waals surface area contributed by atoms with Gasteiger partial charge in [0.05, 0.1) is 12.7 Å². The van der Waals surface area contributed by atoms with Crippen LogP contribution in [0.25, 0.3) is 0 Å². The summed E-state index contributed by atoms with van der Waals surface area (Å²) in [5.41, 5.74) is -0.0191. The van der Waals surface area contributed by atoms with Gasteiger partial charge in [-0.1, -0.05) is 34.6 Å². The first-order chi connectivity index (χ1) is 10.7. The molecule has 1 heterocycles. The Morgan fingerprint density at radius 3 is 2.57 bits per heavy atom. The van der Waals surface area contributed by atoms with E-state index in [0.717, 1.165) is 26.1 Å². The lowest BCUT2D eigenvalue weighted by Crippen LogP contribution is -2.51. The highest BCUT2D eigenvalue weighted by atomic mass is 16.8. The molecule has 5 heteroatoms. The van der Waals surface area contributed by atoms with Crippen LogP contribution in [0.5, 0.6) is 0 Å². The molecule has 1 fully saturated rings. The third-order valence-corrected chi connectivity index (χ3v) is 5.02. The Balaban J connectivity index is 2.08. The lowest BCUT2D eigenvalue weighted by atomic mass is 9.73. The Hall–Kier alpha value is -0.620. The first-order valence-corrected chi connectivity index (χ1v) is 8.86. The van der Waals surface area contributed by atoms with E-state index in [4.69, 9.17) is 9.47 Å². The fraction of sp³-hybridized carbons (Fsp3) is 0.889. The van der Waals surface area contributed by atoms with Crippen molar-refractivity contribution in [2.45, 2.75) is 65.5 Å². The molecule has 0 saturated carbocycles. The van der Waals surface area contributed by atoms with Gasteiger partial charge in [0, 0.05) is 6.54 Å². The summed E-state index contributed by atoms with van der Waals surface area (Å²) in [6.45, 7) is 13.7. The van der Waals surface area contributed by atoms with Gasteiger partial charge in [-0.2, -0.15) is 0 Å². The van der Waals surface area contributed by atoms with Crippen LogP contribution < -0.4 is 0 Å². The van der Waals surface area contributed by atoms with E-state index in [-0.39, 0.29) is 23.2 Å². The van der Waals surface area contributed by atoms with Crippen molar-refractivity contribution in [2.24, 2.45) is 11.3 Å². The molecule has 1 aliphatic heterocycles. The van der Waals surface area contributed by atoms with Crippen molar-refractivity contribution in [3.05, 3.63) is 11.8 Å². The summed E-state index contributed by atoms with van der Waals surface area (Å²) in [5.74, 6) is -1.24. The average Bonchev–Trinajstić information content (AvgIpc) is 2.88. The van der Waals surface area contributed by atoms with Crippen molar-refractivity contribution < 1.29 is 19.7 Å². The normalized spacial score (nSPS) is 35.1. The number of aliphatic hydroxyl groups is 2. The van der Waals surface area contributed by atoms with Gasteiger partial charge in [0.2, 0.25) is 0 Å². The van der Waals surface area contributed by atoms with Gasteiger partial charge in [0.15, 0.2) is 5.76 Å². The highest BCUT2D eigenvalue weighted by Crippen LogP contribution is 2.44. The van der Waals surface area contributed by atoms with Gasteiger partial charge in [-0.05, 0) is 43.3 Å².